The van der Waals surface area contributed by atoms with Crippen LogP contribution in [0.4, 0.5) is 0 Å². The molecule has 0 aliphatic heterocycles. The van der Waals surface area contributed by atoms with E-state index in [1.807, 2.05) is 0 Å². The highest BCUT2D eigenvalue weighted by molar-refractivity contribution is 5.67. The first-order valence-corrected chi connectivity index (χ1v) is 4.68. The van der Waals surface area contributed by atoms with Gasteiger partial charge in [-0.1, -0.05) is 5.16 Å². The second-order valence-electron chi connectivity index (χ2n) is 3.32. The van der Waals surface area contributed by atoms with Crippen LogP contribution in [0.25, 0.3) is 11.4 Å². The third-order valence-corrected chi connectivity index (χ3v) is 2.29. The van der Waals surface area contributed by atoms with Crippen molar-refractivity contribution < 1.29 is 14.7 Å². The molecule has 0 bridgehead atoms. The molecule has 1 aromatic carbocycles. The number of benzene rings is 1. The van der Waals surface area contributed by atoms with Crippen LogP contribution in [0, 0.1) is 6.92 Å². The SMILES string of the molecule is Cc1c(O)ccc(-c2noc(CN)n2)c1O. The maximum atomic E-state index is 9.80. The zero-order valence-corrected chi connectivity index (χ0v) is 8.64. The molecule has 2 aromatic rings. The van der Waals surface area contributed by atoms with Crippen LogP contribution in [0.5, 0.6) is 11.5 Å². The van der Waals surface area contributed by atoms with E-state index < -0.39 is 0 Å². The summed E-state index contributed by atoms with van der Waals surface area (Å²) in [4.78, 5) is 3.99. The smallest absolute Gasteiger partial charge is 0.240 e. The van der Waals surface area contributed by atoms with Crippen molar-refractivity contribution in [2.24, 2.45) is 5.73 Å². The average Bonchev–Trinajstić information content (AvgIpc) is 2.74. The minimum absolute atomic E-state index is 0.0174. The quantitative estimate of drug-likeness (QED) is 0.696. The highest BCUT2D eigenvalue weighted by atomic mass is 16.5. The van der Waals surface area contributed by atoms with Crippen molar-refractivity contribution in [2.45, 2.75) is 13.5 Å². The number of aromatic nitrogens is 2. The van der Waals surface area contributed by atoms with Gasteiger partial charge in [0.15, 0.2) is 0 Å². The van der Waals surface area contributed by atoms with Gasteiger partial charge < -0.3 is 20.5 Å². The molecule has 0 atom stereocenters. The summed E-state index contributed by atoms with van der Waals surface area (Å²) in [5.41, 5.74) is 6.11. The molecule has 0 spiro atoms. The molecular formula is C10H11N3O3. The Bertz CT molecular complexity index is 522. The molecule has 0 radical (unpaired) electrons. The van der Waals surface area contributed by atoms with Gasteiger partial charge in [0, 0.05) is 5.56 Å². The summed E-state index contributed by atoms with van der Waals surface area (Å²) in [5, 5.41) is 22.9. The Hall–Kier alpha value is -2.08. The number of aromatic hydroxyl groups is 2. The van der Waals surface area contributed by atoms with Gasteiger partial charge in [-0.25, -0.2) is 0 Å². The lowest BCUT2D eigenvalue weighted by atomic mass is 10.1. The van der Waals surface area contributed by atoms with Crippen LogP contribution in [-0.4, -0.2) is 20.4 Å². The van der Waals surface area contributed by atoms with Crippen LogP contribution in [0.15, 0.2) is 16.7 Å². The first-order chi connectivity index (χ1) is 7.63. The standard InChI is InChI=1S/C10H11N3O3/c1-5-7(14)3-2-6(9(5)15)10-12-8(4-11)16-13-10/h2-3,14-15H,4,11H2,1H3. The van der Waals surface area contributed by atoms with Crippen molar-refractivity contribution in [3.8, 4) is 22.9 Å². The van der Waals surface area contributed by atoms with E-state index in [-0.39, 0.29) is 23.9 Å². The summed E-state index contributed by atoms with van der Waals surface area (Å²) >= 11 is 0. The molecule has 1 heterocycles. The van der Waals surface area contributed by atoms with Gasteiger partial charge >= 0.3 is 0 Å². The largest absolute Gasteiger partial charge is 0.508 e. The normalized spacial score (nSPS) is 10.6. The summed E-state index contributed by atoms with van der Waals surface area (Å²) in [6, 6.07) is 2.98. The number of hydrogen-bond acceptors (Lipinski definition) is 6. The van der Waals surface area contributed by atoms with E-state index >= 15 is 0 Å². The molecular weight excluding hydrogens is 210 g/mol. The Labute approximate surface area is 91.3 Å². The number of rotatable bonds is 2. The third-order valence-electron chi connectivity index (χ3n) is 2.29. The maximum Gasteiger partial charge on any atom is 0.240 e. The first kappa shape index (κ1) is 10.4. The lowest BCUT2D eigenvalue weighted by Crippen LogP contribution is -1.95. The monoisotopic (exact) mass is 221 g/mol. The van der Waals surface area contributed by atoms with Gasteiger partial charge in [0.2, 0.25) is 11.7 Å². The molecule has 0 saturated carbocycles. The molecule has 0 aliphatic carbocycles. The van der Waals surface area contributed by atoms with Crippen molar-refractivity contribution in [3.63, 3.8) is 0 Å². The van der Waals surface area contributed by atoms with Gasteiger partial charge in [-0.3, -0.25) is 0 Å². The van der Waals surface area contributed by atoms with Crippen LogP contribution in [0.1, 0.15) is 11.5 Å². The highest BCUT2D eigenvalue weighted by Crippen LogP contribution is 2.34. The Balaban J connectivity index is 2.52. The Morgan fingerprint density at radius 2 is 2.12 bits per heavy atom. The lowest BCUT2D eigenvalue weighted by Gasteiger charge is -2.04. The molecule has 84 valence electrons. The predicted molar refractivity (Wildman–Crippen MR) is 55.7 cm³/mol. The Kier molecular flexibility index (Phi) is 2.49. The van der Waals surface area contributed by atoms with Crippen LogP contribution >= 0.6 is 0 Å². The van der Waals surface area contributed by atoms with Gasteiger partial charge in [-0.05, 0) is 19.1 Å². The molecule has 6 heteroatoms. The van der Waals surface area contributed by atoms with Crippen LogP contribution in [-0.2, 0) is 6.54 Å². The van der Waals surface area contributed by atoms with Crippen molar-refractivity contribution >= 4 is 0 Å². The van der Waals surface area contributed by atoms with Crippen LogP contribution in [0.2, 0.25) is 0 Å². The van der Waals surface area contributed by atoms with E-state index in [0.717, 1.165) is 0 Å². The highest BCUT2D eigenvalue weighted by Gasteiger charge is 2.14. The second kappa shape index (κ2) is 3.82. The van der Waals surface area contributed by atoms with E-state index in [0.29, 0.717) is 17.0 Å². The van der Waals surface area contributed by atoms with Gasteiger partial charge in [-0.2, -0.15) is 4.98 Å². The van der Waals surface area contributed by atoms with Crippen molar-refractivity contribution in [1.82, 2.24) is 10.1 Å². The molecule has 0 saturated heterocycles. The Morgan fingerprint density at radius 3 is 2.75 bits per heavy atom. The van der Waals surface area contributed by atoms with Crippen molar-refractivity contribution in [1.29, 1.82) is 0 Å². The molecule has 0 fully saturated rings. The predicted octanol–water partition coefficient (Wildman–Crippen LogP) is 0.915. The minimum atomic E-state index is -0.0654. The number of phenols is 2. The van der Waals surface area contributed by atoms with E-state index in [1.54, 1.807) is 6.92 Å². The summed E-state index contributed by atoms with van der Waals surface area (Å²) < 4.78 is 4.83. The van der Waals surface area contributed by atoms with Crippen molar-refractivity contribution in [2.75, 3.05) is 0 Å². The third kappa shape index (κ3) is 1.59. The van der Waals surface area contributed by atoms with Crippen LogP contribution in [0.3, 0.4) is 0 Å². The van der Waals surface area contributed by atoms with Gasteiger partial charge in [0.25, 0.3) is 0 Å². The fraction of sp³-hybridized carbons (Fsp3) is 0.200. The zero-order chi connectivity index (χ0) is 11.7. The molecule has 2 rings (SSSR count). The fourth-order valence-corrected chi connectivity index (χ4v) is 1.32. The summed E-state index contributed by atoms with van der Waals surface area (Å²) in [6.45, 7) is 1.74. The molecule has 0 unspecified atom stereocenters. The molecule has 6 nitrogen and oxygen atoms in total. The topological polar surface area (TPSA) is 105 Å². The number of nitrogens with two attached hydrogens (primary N) is 1. The lowest BCUT2D eigenvalue weighted by molar-refractivity contribution is 0.380. The number of hydrogen-bond donors (Lipinski definition) is 3. The maximum absolute atomic E-state index is 9.80. The molecule has 0 aliphatic rings. The molecule has 4 N–H and O–H groups in total. The van der Waals surface area contributed by atoms with Gasteiger partial charge in [0.1, 0.15) is 11.5 Å². The molecule has 0 amide bonds. The molecule has 1 aromatic heterocycles. The van der Waals surface area contributed by atoms with Gasteiger partial charge in [0.05, 0.1) is 12.1 Å². The summed E-state index contributed by atoms with van der Waals surface area (Å²) in [6.07, 6.45) is 0. The van der Waals surface area contributed by atoms with E-state index in [1.165, 1.54) is 12.1 Å². The number of nitrogens with zero attached hydrogens (tertiary/aromatic N) is 2. The van der Waals surface area contributed by atoms with E-state index in [9.17, 15) is 10.2 Å². The zero-order valence-electron chi connectivity index (χ0n) is 8.64. The average molecular weight is 221 g/mol. The minimum Gasteiger partial charge on any atom is -0.508 e. The van der Waals surface area contributed by atoms with Crippen LogP contribution < -0.4 is 5.73 Å². The summed E-state index contributed by atoms with van der Waals surface area (Å²) in [5.74, 6) is 0.495. The van der Waals surface area contributed by atoms with Crippen molar-refractivity contribution in [3.05, 3.63) is 23.6 Å². The second-order valence-corrected chi connectivity index (χ2v) is 3.32. The van der Waals surface area contributed by atoms with Gasteiger partial charge in [-0.15, -0.1) is 0 Å². The summed E-state index contributed by atoms with van der Waals surface area (Å²) in [7, 11) is 0. The number of phenolic OH excluding ortho intramolecular Hbond substituents is 2. The molecule has 16 heavy (non-hydrogen) atoms. The van der Waals surface area contributed by atoms with E-state index in [4.69, 9.17) is 10.3 Å². The Morgan fingerprint density at radius 1 is 1.38 bits per heavy atom. The fourth-order valence-electron chi connectivity index (χ4n) is 1.32. The van der Waals surface area contributed by atoms with E-state index in [2.05, 4.69) is 10.1 Å². The first-order valence-electron chi connectivity index (χ1n) is 4.68.